The molecule has 3 rings (SSSR count). The predicted molar refractivity (Wildman–Crippen MR) is 118 cm³/mol. The van der Waals surface area contributed by atoms with Crippen molar-refractivity contribution in [1.29, 1.82) is 0 Å². The van der Waals surface area contributed by atoms with Gasteiger partial charge < -0.3 is 14.8 Å². The summed E-state index contributed by atoms with van der Waals surface area (Å²) < 4.78 is 40.8. The Labute approximate surface area is 188 Å². The van der Waals surface area contributed by atoms with Crippen LogP contribution in [0, 0.1) is 0 Å². The van der Waals surface area contributed by atoms with Crippen LogP contribution >= 0.6 is 0 Å². The van der Waals surface area contributed by atoms with Crippen molar-refractivity contribution < 1.29 is 22.7 Å². The molecule has 2 aromatic rings. The summed E-state index contributed by atoms with van der Waals surface area (Å²) in [5, 5.41) is 10.7. The number of rotatable bonds is 9. The molecule has 10 nitrogen and oxygen atoms in total. The van der Waals surface area contributed by atoms with Crippen LogP contribution in [0.5, 0.6) is 11.5 Å². The molecule has 1 fully saturated rings. The number of nitrogens with one attached hydrogen (secondary N) is 1. The van der Waals surface area contributed by atoms with E-state index in [1.54, 1.807) is 27.3 Å². The lowest BCUT2D eigenvalue weighted by atomic mass is 10.0. The van der Waals surface area contributed by atoms with Gasteiger partial charge in [-0.1, -0.05) is 11.6 Å². The Hall–Kier alpha value is -2.66. The van der Waals surface area contributed by atoms with Gasteiger partial charge in [0.15, 0.2) is 5.69 Å². The summed E-state index contributed by atoms with van der Waals surface area (Å²) in [6, 6.07) is 4.58. The van der Waals surface area contributed by atoms with Crippen LogP contribution in [0.2, 0.25) is 0 Å². The quantitative estimate of drug-likeness (QED) is 0.603. The van der Waals surface area contributed by atoms with Crippen molar-refractivity contribution in [3.05, 3.63) is 30.1 Å². The molecular weight excluding hydrogens is 434 g/mol. The standard InChI is InChI=1S/C21H31N5O5S/c1-15(2)22-21(27)18-14-25(24-23-18)12-10-16-7-5-6-11-26(16)32(28,29)20-13-17(30-3)8-9-19(20)31-4/h8-9,13-16H,5-7,10-12H2,1-4H3,(H,22,27)/t16-/m1/s1. The first-order chi connectivity index (χ1) is 15.3. The van der Waals surface area contributed by atoms with E-state index in [4.69, 9.17) is 9.47 Å². The maximum Gasteiger partial charge on any atom is 0.273 e. The van der Waals surface area contributed by atoms with Gasteiger partial charge in [0, 0.05) is 31.2 Å². The second kappa shape index (κ2) is 10.3. The molecule has 1 saturated heterocycles. The normalized spacial score (nSPS) is 17.3. The highest BCUT2D eigenvalue weighted by Crippen LogP contribution is 2.34. The molecule has 11 heteroatoms. The molecule has 1 aromatic heterocycles. The van der Waals surface area contributed by atoms with Gasteiger partial charge in [0.2, 0.25) is 10.0 Å². The molecule has 176 valence electrons. The molecule has 1 aliphatic rings. The summed E-state index contributed by atoms with van der Waals surface area (Å²) in [4.78, 5) is 12.2. The first-order valence-electron chi connectivity index (χ1n) is 10.7. The van der Waals surface area contributed by atoms with E-state index < -0.39 is 10.0 Å². The number of carbonyl (C=O) groups is 1. The number of piperidine rings is 1. The smallest absolute Gasteiger partial charge is 0.273 e. The number of amides is 1. The largest absolute Gasteiger partial charge is 0.497 e. The molecule has 1 aliphatic heterocycles. The summed E-state index contributed by atoms with van der Waals surface area (Å²) in [5.41, 5.74) is 0.243. The van der Waals surface area contributed by atoms with Crippen molar-refractivity contribution in [3.8, 4) is 11.5 Å². The van der Waals surface area contributed by atoms with E-state index >= 15 is 0 Å². The zero-order valence-corrected chi connectivity index (χ0v) is 19.8. The minimum absolute atomic E-state index is 0.00209. The maximum absolute atomic E-state index is 13.6. The molecular formula is C21H31N5O5S. The van der Waals surface area contributed by atoms with E-state index in [0.29, 0.717) is 25.3 Å². The Morgan fingerprint density at radius 1 is 1.25 bits per heavy atom. The molecule has 0 saturated carbocycles. The molecule has 1 atom stereocenters. The van der Waals surface area contributed by atoms with Gasteiger partial charge in [0.05, 0.1) is 20.4 Å². The van der Waals surface area contributed by atoms with Crippen LogP contribution in [0.15, 0.2) is 29.3 Å². The molecule has 1 aromatic carbocycles. The third kappa shape index (κ3) is 5.39. The van der Waals surface area contributed by atoms with Crippen LogP contribution in [0.1, 0.15) is 50.0 Å². The van der Waals surface area contributed by atoms with Gasteiger partial charge in [-0.2, -0.15) is 4.31 Å². The number of benzene rings is 1. The molecule has 1 amide bonds. The summed E-state index contributed by atoms with van der Waals surface area (Å²) in [7, 11) is -0.847. The minimum Gasteiger partial charge on any atom is -0.497 e. The average molecular weight is 466 g/mol. The van der Waals surface area contributed by atoms with Crippen molar-refractivity contribution in [1.82, 2.24) is 24.6 Å². The highest BCUT2D eigenvalue weighted by atomic mass is 32.2. The average Bonchev–Trinajstić information content (AvgIpc) is 3.26. The molecule has 0 unspecified atom stereocenters. The van der Waals surface area contributed by atoms with Gasteiger partial charge in [-0.25, -0.2) is 8.42 Å². The van der Waals surface area contributed by atoms with Crippen LogP contribution in [0.3, 0.4) is 0 Å². The number of methoxy groups -OCH3 is 2. The molecule has 0 spiro atoms. The van der Waals surface area contributed by atoms with E-state index in [-0.39, 0.29) is 34.3 Å². The number of ether oxygens (including phenoxy) is 2. The fraction of sp³-hybridized carbons (Fsp3) is 0.571. The minimum atomic E-state index is -3.79. The summed E-state index contributed by atoms with van der Waals surface area (Å²) in [6.07, 6.45) is 4.64. The number of aromatic nitrogens is 3. The first kappa shape index (κ1) is 24.0. The first-order valence-corrected chi connectivity index (χ1v) is 12.1. The van der Waals surface area contributed by atoms with Gasteiger partial charge in [-0.15, -0.1) is 5.10 Å². The predicted octanol–water partition coefficient (Wildman–Crippen LogP) is 2.07. The number of carbonyl (C=O) groups excluding carboxylic acids is 1. The maximum atomic E-state index is 13.6. The Balaban J connectivity index is 1.77. The third-order valence-corrected chi connectivity index (χ3v) is 7.39. The van der Waals surface area contributed by atoms with Crippen molar-refractivity contribution in [2.24, 2.45) is 0 Å². The van der Waals surface area contributed by atoms with Gasteiger partial charge in [0.25, 0.3) is 5.91 Å². The molecule has 0 radical (unpaired) electrons. The van der Waals surface area contributed by atoms with Gasteiger partial charge in [-0.05, 0) is 45.2 Å². The van der Waals surface area contributed by atoms with Crippen LogP contribution in [-0.4, -0.2) is 66.5 Å². The summed E-state index contributed by atoms with van der Waals surface area (Å²) in [6.45, 7) is 4.64. The van der Waals surface area contributed by atoms with Crippen LogP contribution in [0.25, 0.3) is 0 Å². The lowest BCUT2D eigenvalue weighted by Crippen LogP contribution is -2.44. The molecule has 32 heavy (non-hydrogen) atoms. The zero-order valence-electron chi connectivity index (χ0n) is 18.9. The molecule has 0 bridgehead atoms. The highest BCUT2D eigenvalue weighted by molar-refractivity contribution is 7.89. The summed E-state index contributed by atoms with van der Waals surface area (Å²) in [5.74, 6) is 0.457. The van der Waals surface area contributed by atoms with Crippen molar-refractivity contribution in [2.45, 2.75) is 63.1 Å². The zero-order chi connectivity index (χ0) is 23.3. The van der Waals surface area contributed by atoms with Crippen molar-refractivity contribution >= 4 is 15.9 Å². The lowest BCUT2D eigenvalue weighted by molar-refractivity contribution is 0.0938. The Kier molecular flexibility index (Phi) is 7.73. The molecule has 0 aliphatic carbocycles. The lowest BCUT2D eigenvalue weighted by Gasteiger charge is -2.35. The monoisotopic (exact) mass is 465 g/mol. The third-order valence-electron chi connectivity index (χ3n) is 5.41. The highest BCUT2D eigenvalue weighted by Gasteiger charge is 2.35. The number of nitrogens with zero attached hydrogens (tertiary/aromatic N) is 4. The second-order valence-electron chi connectivity index (χ2n) is 8.07. The number of sulfonamides is 1. The van der Waals surface area contributed by atoms with Crippen molar-refractivity contribution in [3.63, 3.8) is 0 Å². The topological polar surface area (TPSA) is 116 Å². The summed E-state index contributed by atoms with van der Waals surface area (Å²) >= 11 is 0. The van der Waals surface area contributed by atoms with E-state index in [1.165, 1.54) is 20.3 Å². The van der Waals surface area contributed by atoms with E-state index in [0.717, 1.165) is 19.3 Å². The van der Waals surface area contributed by atoms with Gasteiger partial charge in [-0.3, -0.25) is 9.48 Å². The van der Waals surface area contributed by atoms with Crippen LogP contribution in [0.4, 0.5) is 0 Å². The number of aryl methyl sites for hydroxylation is 1. The Bertz CT molecular complexity index is 1040. The molecule has 1 N–H and O–H groups in total. The number of hydrogen-bond donors (Lipinski definition) is 1. The SMILES string of the molecule is COc1ccc(OC)c(S(=O)(=O)N2CCCC[C@@H]2CCn2cc(C(=O)NC(C)C)nn2)c1. The number of hydrogen-bond acceptors (Lipinski definition) is 7. The van der Waals surface area contributed by atoms with Gasteiger partial charge in [0.1, 0.15) is 16.4 Å². The van der Waals surface area contributed by atoms with Crippen molar-refractivity contribution in [2.75, 3.05) is 20.8 Å². The van der Waals surface area contributed by atoms with E-state index in [2.05, 4.69) is 15.6 Å². The van der Waals surface area contributed by atoms with E-state index in [1.807, 2.05) is 13.8 Å². The van der Waals surface area contributed by atoms with Gasteiger partial charge >= 0.3 is 0 Å². The Morgan fingerprint density at radius 2 is 2.03 bits per heavy atom. The Morgan fingerprint density at radius 3 is 2.72 bits per heavy atom. The fourth-order valence-corrected chi connectivity index (χ4v) is 5.72. The second-order valence-corrected chi connectivity index (χ2v) is 9.92. The van der Waals surface area contributed by atoms with Crippen LogP contribution in [-0.2, 0) is 16.6 Å². The molecule has 2 heterocycles. The van der Waals surface area contributed by atoms with Crippen LogP contribution < -0.4 is 14.8 Å². The fourth-order valence-electron chi connectivity index (χ4n) is 3.82. The van der Waals surface area contributed by atoms with E-state index in [9.17, 15) is 13.2 Å².